The molecule has 0 spiro atoms. The predicted octanol–water partition coefficient (Wildman–Crippen LogP) is 2.51. The fraction of sp³-hybridized carbons (Fsp3) is 0.882. The number of hydrogen-bond donors (Lipinski definition) is 1. The van der Waals surface area contributed by atoms with Crippen molar-refractivity contribution < 1.29 is 38.4 Å². The zero-order valence-electron chi connectivity index (χ0n) is 15.3. The highest BCUT2D eigenvalue weighted by Gasteiger charge is 2.24. The zero-order valence-corrected chi connectivity index (χ0v) is 15.3. The van der Waals surface area contributed by atoms with Crippen molar-refractivity contribution in [2.45, 2.75) is 51.7 Å². The van der Waals surface area contributed by atoms with Crippen LogP contribution in [0.2, 0.25) is 0 Å². The zero-order chi connectivity index (χ0) is 18.7. The van der Waals surface area contributed by atoms with Gasteiger partial charge in [-0.1, -0.05) is 0 Å². The highest BCUT2D eigenvalue weighted by Crippen LogP contribution is 2.29. The van der Waals surface area contributed by atoms with E-state index in [9.17, 15) is 9.59 Å². The van der Waals surface area contributed by atoms with E-state index in [2.05, 4.69) is 0 Å². The SMILES string of the molecule is COC(C)COC(=O)OCC1CCC(COC(=O)OCC(C)O)CC1. The lowest BCUT2D eigenvalue weighted by Gasteiger charge is -2.27. The Kier molecular flexibility index (Phi) is 10.3. The molecule has 1 fully saturated rings. The van der Waals surface area contributed by atoms with E-state index in [1.165, 1.54) is 6.92 Å². The quantitative estimate of drug-likeness (QED) is 0.625. The van der Waals surface area contributed by atoms with Crippen LogP contribution in [0.3, 0.4) is 0 Å². The molecule has 1 aliphatic rings. The van der Waals surface area contributed by atoms with Crippen molar-refractivity contribution >= 4 is 12.3 Å². The van der Waals surface area contributed by atoms with Gasteiger partial charge < -0.3 is 28.8 Å². The number of aliphatic hydroxyl groups is 1. The minimum atomic E-state index is -0.751. The first kappa shape index (κ1) is 21.5. The Morgan fingerprint density at radius 1 is 0.880 bits per heavy atom. The fourth-order valence-electron chi connectivity index (χ4n) is 2.46. The summed E-state index contributed by atoms with van der Waals surface area (Å²) in [7, 11) is 1.55. The van der Waals surface area contributed by atoms with Crippen molar-refractivity contribution in [2.75, 3.05) is 33.5 Å². The number of carbonyl (C=O) groups excluding carboxylic acids is 2. The summed E-state index contributed by atoms with van der Waals surface area (Å²) >= 11 is 0. The smallest absolute Gasteiger partial charge is 0.434 e. The third-order valence-electron chi connectivity index (χ3n) is 4.12. The second kappa shape index (κ2) is 11.9. The molecule has 1 aliphatic carbocycles. The number of carbonyl (C=O) groups is 2. The van der Waals surface area contributed by atoms with E-state index in [0.717, 1.165) is 25.7 Å². The lowest BCUT2D eigenvalue weighted by atomic mass is 9.83. The monoisotopic (exact) mass is 362 g/mol. The highest BCUT2D eigenvalue weighted by molar-refractivity contribution is 5.60. The molecule has 1 saturated carbocycles. The van der Waals surface area contributed by atoms with E-state index in [-0.39, 0.29) is 25.2 Å². The fourth-order valence-corrected chi connectivity index (χ4v) is 2.46. The first-order valence-corrected chi connectivity index (χ1v) is 8.70. The van der Waals surface area contributed by atoms with Crippen LogP contribution in [0.5, 0.6) is 0 Å². The minimum absolute atomic E-state index is 0.0673. The van der Waals surface area contributed by atoms with Gasteiger partial charge in [0.15, 0.2) is 0 Å². The van der Waals surface area contributed by atoms with Crippen LogP contribution in [0.1, 0.15) is 39.5 Å². The topological polar surface area (TPSA) is 101 Å². The Morgan fingerprint density at radius 3 is 1.72 bits per heavy atom. The van der Waals surface area contributed by atoms with Crippen molar-refractivity contribution in [3.8, 4) is 0 Å². The van der Waals surface area contributed by atoms with Crippen LogP contribution in [0.4, 0.5) is 9.59 Å². The summed E-state index contributed by atoms with van der Waals surface area (Å²) in [6, 6.07) is 0. The van der Waals surface area contributed by atoms with Gasteiger partial charge in [-0.05, 0) is 51.4 Å². The van der Waals surface area contributed by atoms with E-state index in [4.69, 9.17) is 28.8 Å². The molecule has 0 aromatic heterocycles. The first-order chi connectivity index (χ1) is 11.9. The number of methoxy groups -OCH3 is 1. The van der Waals surface area contributed by atoms with Gasteiger partial charge in [0.1, 0.15) is 13.2 Å². The molecule has 8 nitrogen and oxygen atoms in total. The molecular weight excluding hydrogens is 332 g/mol. The molecule has 1 rings (SSSR count). The van der Waals surface area contributed by atoms with Crippen LogP contribution in [-0.4, -0.2) is 63.2 Å². The number of ether oxygens (including phenoxy) is 5. The molecule has 0 aromatic carbocycles. The Morgan fingerprint density at radius 2 is 1.32 bits per heavy atom. The van der Waals surface area contributed by atoms with Gasteiger partial charge in [0.2, 0.25) is 0 Å². The van der Waals surface area contributed by atoms with Gasteiger partial charge in [-0.15, -0.1) is 0 Å². The summed E-state index contributed by atoms with van der Waals surface area (Å²) in [4.78, 5) is 22.8. The second-order valence-corrected chi connectivity index (χ2v) is 6.53. The lowest BCUT2D eigenvalue weighted by Crippen LogP contribution is -2.25. The van der Waals surface area contributed by atoms with Gasteiger partial charge in [0.05, 0.1) is 25.4 Å². The standard InChI is InChI=1S/C17H30O8/c1-12(18)8-22-16(19)24-10-14-4-6-15(7-5-14)11-25-17(20)23-9-13(2)21-3/h12-15,18H,4-11H2,1-3H3. The number of aliphatic hydroxyl groups excluding tert-OH is 1. The van der Waals surface area contributed by atoms with E-state index >= 15 is 0 Å². The second-order valence-electron chi connectivity index (χ2n) is 6.53. The molecule has 0 aromatic rings. The Balaban J connectivity index is 2.09. The van der Waals surface area contributed by atoms with Crippen LogP contribution in [-0.2, 0) is 23.7 Å². The van der Waals surface area contributed by atoms with E-state index in [1.54, 1.807) is 14.0 Å². The first-order valence-electron chi connectivity index (χ1n) is 8.70. The van der Waals surface area contributed by atoms with Crippen molar-refractivity contribution in [3.05, 3.63) is 0 Å². The average molecular weight is 362 g/mol. The summed E-state index contributed by atoms with van der Waals surface area (Å²) < 4.78 is 24.8. The third-order valence-corrected chi connectivity index (χ3v) is 4.12. The van der Waals surface area contributed by atoms with Crippen LogP contribution in [0, 0.1) is 11.8 Å². The number of rotatable bonds is 9. The van der Waals surface area contributed by atoms with Gasteiger partial charge >= 0.3 is 12.3 Å². The summed E-state index contributed by atoms with van der Waals surface area (Å²) in [6.45, 7) is 4.08. The van der Waals surface area contributed by atoms with Crippen LogP contribution < -0.4 is 0 Å². The van der Waals surface area contributed by atoms with Gasteiger partial charge in [-0.25, -0.2) is 9.59 Å². The van der Waals surface area contributed by atoms with Crippen LogP contribution >= 0.6 is 0 Å². The normalized spacial score (nSPS) is 22.6. The average Bonchev–Trinajstić information content (AvgIpc) is 2.61. The van der Waals surface area contributed by atoms with Gasteiger partial charge in [0.25, 0.3) is 0 Å². The van der Waals surface area contributed by atoms with Gasteiger partial charge in [-0.3, -0.25) is 0 Å². The van der Waals surface area contributed by atoms with Gasteiger partial charge in [-0.2, -0.15) is 0 Å². The van der Waals surface area contributed by atoms with Crippen molar-refractivity contribution in [2.24, 2.45) is 11.8 Å². The molecule has 25 heavy (non-hydrogen) atoms. The molecular formula is C17H30O8. The summed E-state index contributed by atoms with van der Waals surface area (Å²) in [6.07, 6.45) is 1.31. The highest BCUT2D eigenvalue weighted by atomic mass is 16.7. The Hall–Kier alpha value is -1.54. The number of hydrogen-bond acceptors (Lipinski definition) is 8. The maximum atomic E-state index is 11.5. The summed E-state index contributed by atoms with van der Waals surface area (Å²) in [5, 5.41) is 9.03. The third kappa shape index (κ3) is 10.1. The summed E-state index contributed by atoms with van der Waals surface area (Å²) in [5.74, 6) is 0.579. The van der Waals surface area contributed by atoms with Crippen LogP contribution in [0.25, 0.3) is 0 Å². The predicted molar refractivity (Wildman–Crippen MR) is 88.2 cm³/mol. The Labute approximate surface area is 148 Å². The van der Waals surface area contributed by atoms with Crippen molar-refractivity contribution in [1.29, 1.82) is 0 Å². The summed E-state index contributed by atoms with van der Waals surface area (Å²) in [5.41, 5.74) is 0. The molecule has 8 heteroatoms. The molecule has 0 saturated heterocycles. The van der Waals surface area contributed by atoms with E-state index < -0.39 is 18.4 Å². The lowest BCUT2D eigenvalue weighted by molar-refractivity contribution is -0.00308. The molecule has 146 valence electrons. The molecule has 0 bridgehead atoms. The van der Waals surface area contributed by atoms with E-state index in [0.29, 0.717) is 19.1 Å². The molecule has 1 N–H and O–H groups in total. The van der Waals surface area contributed by atoms with E-state index in [1.807, 2.05) is 0 Å². The van der Waals surface area contributed by atoms with Crippen molar-refractivity contribution in [1.82, 2.24) is 0 Å². The van der Waals surface area contributed by atoms with Crippen molar-refractivity contribution in [3.63, 3.8) is 0 Å². The molecule has 0 aliphatic heterocycles. The maximum Gasteiger partial charge on any atom is 0.508 e. The van der Waals surface area contributed by atoms with Gasteiger partial charge in [0, 0.05) is 7.11 Å². The molecule has 0 radical (unpaired) electrons. The molecule has 0 heterocycles. The molecule has 0 amide bonds. The maximum absolute atomic E-state index is 11.5. The molecule has 2 unspecified atom stereocenters. The largest absolute Gasteiger partial charge is 0.508 e. The Bertz CT molecular complexity index is 390. The minimum Gasteiger partial charge on any atom is -0.434 e. The van der Waals surface area contributed by atoms with Crippen LogP contribution in [0.15, 0.2) is 0 Å². The molecule has 2 atom stereocenters.